The van der Waals surface area contributed by atoms with Crippen molar-refractivity contribution in [3.63, 3.8) is 0 Å². The molecule has 0 radical (unpaired) electrons. The van der Waals surface area contributed by atoms with Gasteiger partial charge in [-0.2, -0.15) is 0 Å². The summed E-state index contributed by atoms with van der Waals surface area (Å²) in [7, 11) is 0. The number of hydrogen-bond donors (Lipinski definition) is 1. The lowest BCUT2D eigenvalue weighted by molar-refractivity contribution is -0.140. The highest BCUT2D eigenvalue weighted by molar-refractivity contribution is 5.66. The van der Waals surface area contributed by atoms with Crippen molar-refractivity contribution < 1.29 is 9.90 Å². The summed E-state index contributed by atoms with van der Waals surface area (Å²) in [6.45, 7) is 10.1. The van der Waals surface area contributed by atoms with Gasteiger partial charge in [0, 0.05) is 6.42 Å². The Morgan fingerprint density at radius 1 is 1.00 bits per heavy atom. The first-order chi connectivity index (χ1) is 13.3. The Morgan fingerprint density at radius 3 is 2.46 bits per heavy atom. The number of carbonyl (C=O) groups is 1. The highest BCUT2D eigenvalue weighted by Crippen LogP contribution is 2.69. The van der Waals surface area contributed by atoms with Crippen LogP contribution in [0.15, 0.2) is 0 Å². The van der Waals surface area contributed by atoms with E-state index in [2.05, 4.69) is 27.7 Å². The van der Waals surface area contributed by atoms with E-state index in [1.807, 2.05) is 0 Å². The standard InChI is InChI=1S/C26H44O2/c1-5-18-16-19-22-11-10-20(17(2)9-12-24(27)28)26(22,4)15-13-23(19)25(3)14-7-6-8-21(18)25/h17-23H,5-16H2,1-4H3,(H,27,28)/t17-,18?,19+,20-,21?,22+,23+,25+,26-/m1/s1. The smallest absolute Gasteiger partial charge is 0.303 e. The third kappa shape index (κ3) is 3.16. The number of fused-ring (bicyclic) bond motifs is 5. The molecule has 4 saturated carbocycles. The zero-order chi connectivity index (χ0) is 20.1. The molecule has 1 N–H and O–H groups in total. The van der Waals surface area contributed by atoms with Crippen molar-refractivity contribution in [1.82, 2.24) is 0 Å². The van der Waals surface area contributed by atoms with Crippen LogP contribution in [-0.4, -0.2) is 11.1 Å². The first-order valence-corrected chi connectivity index (χ1v) is 12.5. The fraction of sp³-hybridized carbons (Fsp3) is 0.962. The molecule has 4 aliphatic rings. The number of carboxylic acids is 1. The van der Waals surface area contributed by atoms with Crippen LogP contribution in [0.5, 0.6) is 0 Å². The summed E-state index contributed by atoms with van der Waals surface area (Å²) in [5, 5.41) is 9.15. The molecule has 160 valence electrons. The minimum atomic E-state index is -0.621. The van der Waals surface area contributed by atoms with Gasteiger partial charge in [0.25, 0.3) is 0 Å². The molecule has 0 aromatic heterocycles. The van der Waals surface area contributed by atoms with Crippen molar-refractivity contribution in [3.05, 3.63) is 0 Å². The second kappa shape index (κ2) is 7.62. The van der Waals surface area contributed by atoms with Crippen LogP contribution in [-0.2, 0) is 4.79 Å². The summed E-state index contributed by atoms with van der Waals surface area (Å²) >= 11 is 0. The van der Waals surface area contributed by atoms with Crippen LogP contribution in [0.3, 0.4) is 0 Å². The van der Waals surface area contributed by atoms with Crippen LogP contribution in [0.4, 0.5) is 0 Å². The Kier molecular flexibility index (Phi) is 5.64. The molecule has 0 bridgehead atoms. The summed E-state index contributed by atoms with van der Waals surface area (Å²) in [6, 6.07) is 0. The van der Waals surface area contributed by atoms with Crippen molar-refractivity contribution in [2.24, 2.45) is 52.3 Å². The van der Waals surface area contributed by atoms with Crippen molar-refractivity contribution in [2.45, 2.75) is 105 Å². The van der Waals surface area contributed by atoms with E-state index < -0.39 is 5.97 Å². The summed E-state index contributed by atoms with van der Waals surface area (Å²) in [6.07, 6.45) is 15.6. The molecule has 0 aromatic carbocycles. The molecular weight excluding hydrogens is 344 g/mol. The zero-order valence-corrected chi connectivity index (χ0v) is 18.9. The third-order valence-electron chi connectivity index (χ3n) is 10.9. The van der Waals surface area contributed by atoms with E-state index in [0.717, 1.165) is 41.9 Å². The number of hydrogen-bond acceptors (Lipinski definition) is 1. The van der Waals surface area contributed by atoms with Crippen molar-refractivity contribution in [2.75, 3.05) is 0 Å². The van der Waals surface area contributed by atoms with E-state index in [0.29, 0.717) is 23.2 Å². The van der Waals surface area contributed by atoms with Crippen molar-refractivity contribution in [1.29, 1.82) is 0 Å². The molecule has 0 saturated heterocycles. The van der Waals surface area contributed by atoms with Gasteiger partial charge in [0.1, 0.15) is 0 Å². The van der Waals surface area contributed by atoms with E-state index in [9.17, 15) is 4.79 Å². The molecule has 4 rings (SSSR count). The molecule has 0 aromatic rings. The van der Waals surface area contributed by atoms with E-state index >= 15 is 0 Å². The predicted octanol–water partition coefficient (Wildman–Crippen LogP) is 7.17. The second-order valence-electron chi connectivity index (χ2n) is 11.8. The third-order valence-corrected chi connectivity index (χ3v) is 10.9. The molecule has 0 spiro atoms. The van der Waals surface area contributed by atoms with Crippen LogP contribution >= 0.6 is 0 Å². The molecule has 0 aliphatic heterocycles. The van der Waals surface area contributed by atoms with Gasteiger partial charge in [0.05, 0.1) is 0 Å². The van der Waals surface area contributed by atoms with Gasteiger partial charge in [-0.1, -0.05) is 47.0 Å². The number of aliphatic carboxylic acids is 1. The molecule has 0 heterocycles. The zero-order valence-electron chi connectivity index (χ0n) is 18.9. The van der Waals surface area contributed by atoms with Gasteiger partial charge in [-0.25, -0.2) is 0 Å². The normalized spacial score (nSPS) is 49.0. The van der Waals surface area contributed by atoms with E-state index in [4.69, 9.17) is 5.11 Å². The fourth-order valence-corrected chi connectivity index (χ4v) is 9.55. The Labute approximate surface area is 173 Å². The average molecular weight is 389 g/mol. The summed E-state index contributed by atoms with van der Waals surface area (Å²) in [5.74, 6) is 5.44. The Morgan fingerprint density at radius 2 is 1.75 bits per heavy atom. The van der Waals surface area contributed by atoms with E-state index in [1.165, 1.54) is 64.2 Å². The van der Waals surface area contributed by atoms with Gasteiger partial charge in [0.2, 0.25) is 0 Å². The van der Waals surface area contributed by atoms with Crippen molar-refractivity contribution in [3.8, 4) is 0 Å². The van der Waals surface area contributed by atoms with Gasteiger partial charge in [0.15, 0.2) is 0 Å². The quantitative estimate of drug-likeness (QED) is 0.542. The lowest BCUT2D eigenvalue weighted by Crippen LogP contribution is -2.55. The minimum absolute atomic E-state index is 0.349. The molecule has 4 aliphatic carbocycles. The molecule has 4 fully saturated rings. The van der Waals surface area contributed by atoms with Crippen LogP contribution in [0.25, 0.3) is 0 Å². The maximum atomic E-state index is 11.1. The highest BCUT2D eigenvalue weighted by atomic mass is 16.4. The van der Waals surface area contributed by atoms with E-state index in [1.54, 1.807) is 0 Å². The van der Waals surface area contributed by atoms with Gasteiger partial charge >= 0.3 is 5.97 Å². The average Bonchev–Trinajstić information content (AvgIpc) is 3.02. The van der Waals surface area contributed by atoms with E-state index in [-0.39, 0.29) is 0 Å². The second-order valence-corrected chi connectivity index (χ2v) is 11.8. The fourth-order valence-electron chi connectivity index (χ4n) is 9.55. The Hall–Kier alpha value is -0.530. The number of carboxylic acid groups (broad SMARTS) is 1. The lowest BCUT2D eigenvalue weighted by Gasteiger charge is -2.63. The summed E-state index contributed by atoms with van der Waals surface area (Å²) in [4.78, 5) is 11.1. The Balaban J connectivity index is 1.56. The molecule has 2 unspecified atom stereocenters. The van der Waals surface area contributed by atoms with Gasteiger partial charge in [-0.3, -0.25) is 4.79 Å². The molecule has 2 nitrogen and oxygen atoms in total. The summed E-state index contributed by atoms with van der Waals surface area (Å²) < 4.78 is 0. The van der Waals surface area contributed by atoms with Crippen LogP contribution < -0.4 is 0 Å². The molecule has 28 heavy (non-hydrogen) atoms. The molecule has 0 amide bonds. The monoisotopic (exact) mass is 388 g/mol. The predicted molar refractivity (Wildman–Crippen MR) is 115 cm³/mol. The lowest BCUT2D eigenvalue weighted by atomic mass is 9.42. The SMILES string of the molecule is CCC1C[C@H]2[C@@H]3CC[C@H]([C@H](C)CCC(=O)O)[C@@]3(C)CC[C@@H]2[C@@]2(C)CCCCC12. The minimum Gasteiger partial charge on any atom is -0.481 e. The maximum absolute atomic E-state index is 11.1. The van der Waals surface area contributed by atoms with Crippen LogP contribution in [0.1, 0.15) is 105 Å². The maximum Gasteiger partial charge on any atom is 0.303 e. The molecule has 9 atom stereocenters. The Bertz CT molecular complexity index is 585. The first kappa shape index (κ1) is 20.7. The van der Waals surface area contributed by atoms with Gasteiger partial charge in [-0.05, 0) is 104 Å². The largest absolute Gasteiger partial charge is 0.481 e. The first-order valence-electron chi connectivity index (χ1n) is 12.5. The summed E-state index contributed by atoms with van der Waals surface area (Å²) in [5.41, 5.74) is 1.07. The highest BCUT2D eigenvalue weighted by Gasteiger charge is 2.61. The van der Waals surface area contributed by atoms with Crippen molar-refractivity contribution >= 4 is 5.97 Å². The van der Waals surface area contributed by atoms with Crippen LogP contribution in [0.2, 0.25) is 0 Å². The molecular formula is C26H44O2. The molecule has 2 heteroatoms. The topological polar surface area (TPSA) is 37.3 Å². The number of rotatable bonds is 5. The van der Waals surface area contributed by atoms with Gasteiger partial charge < -0.3 is 5.11 Å². The van der Waals surface area contributed by atoms with Crippen LogP contribution in [0, 0.1) is 52.3 Å². The van der Waals surface area contributed by atoms with Gasteiger partial charge in [-0.15, -0.1) is 0 Å².